The first-order chi connectivity index (χ1) is 17.4. The minimum Gasteiger partial charge on any atom is -0.508 e. The molecule has 7 N–H and O–H groups in total. The molecule has 0 aliphatic carbocycles. The number of hydrogen-bond donors (Lipinski definition) is 7. The van der Waals surface area contributed by atoms with Crippen LogP contribution in [0.3, 0.4) is 0 Å². The Morgan fingerprint density at radius 1 is 0.816 bits per heavy atom. The average Bonchev–Trinajstić information content (AvgIpc) is 2.78. The summed E-state index contributed by atoms with van der Waals surface area (Å²) in [5, 5.41) is 30.1. The van der Waals surface area contributed by atoms with Gasteiger partial charge in [0.05, 0.1) is 6.61 Å². The number of halogens is 3. The fourth-order valence-electron chi connectivity index (χ4n) is 3.30. The van der Waals surface area contributed by atoms with Gasteiger partial charge in [-0.15, -0.1) is 0 Å². The summed E-state index contributed by atoms with van der Waals surface area (Å²) in [4.78, 5) is 40.6. The molecule has 2 rings (SSSR count). The summed E-state index contributed by atoms with van der Waals surface area (Å²) < 4.78 is 23.9. The summed E-state index contributed by atoms with van der Waals surface area (Å²) in [6, 6.07) is 11.5. The van der Waals surface area contributed by atoms with Crippen molar-refractivity contribution < 1.29 is 44.0 Å². The maximum absolute atomic E-state index is 11.7. The average molecular weight is 912 g/mol. The lowest BCUT2D eigenvalue weighted by Crippen LogP contribution is -2.46. The van der Waals surface area contributed by atoms with Crippen LogP contribution in [0, 0.1) is 0 Å². The Kier molecular flexibility index (Phi) is 16.1. The Balaban J connectivity index is 0.00000107. The lowest BCUT2D eigenvalue weighted by atomic mass is 10.1. The number of aromatic hydroxyl groups is 2. The van der Waals surface area contributed by atoms with Crippen molar-refractivity contribution in [3.8, 4) is 11.5 Å². The highest BCUT2D eigenvalue weighted by Gasteiger charge is 2.30. The molecule has 0 bridgehead atoms. The molecule has 0 spiro atoms. The molecule has 38 heavy (non-hydrogen) atoms. The van der Waals surface area contributed by atoms with Gasteiger partial charge in [0.25, 0.3) is 0 Å². The largest absolute Gasteiger partial charge is 0.508 e. The zero-order chi connectivity index (χ0) is 29.1. The molecule has 0 fully saturated rings. The number of phenols is 2. The number of rotatable bonds is 13. The second-order valence-corrected chi connectivity index (χ2v) is 23.4. The molecule has 2 aromatic carbocycles. The van der Waals surface area contributed by atoms with Crippen LogP contribution in [0.4, 0.5) is 0 Å². The van der Waals surface area contributed by atoms with E-state index in [1.54, 1.807) is 36.4 Å². The van der Waals surface area contributed by atoms with Gasteiger partial charge in [-0.25, -0.2) is 0 Å². The quantitative estimate of drug-likeness (QED) is 0.0861. The normalized spacial score (nSPS) is 13.3. The van der Waals surface area contributed by atoms with Crippen LogP contribution in [0.1, 0.15) is 24.5 Å². The lowest BCUT2D eigenvalue weighted by Gasteiger charge is -2.35. The van der Waals surface area contributed by atoms with E-state index in [0.29, 0.717) is 10.6 Å². The standard InChI is InChI=1S/C19H28N2O9P2.C3H5I3/c22-12-17(21(14-32(28,29)30)10-16-6-2-4-8-19(16)24)11-20(13-31(25,26)27)9-15-5-1-3-7-18(15)23;1-2-3(4,5)6/h1-8,17,22-24H,9-14H2,(H2,25,26,27)(H2,28,29,30);2H2,1H3. The fraction of sp³-hybridized carbons (Fsp3) is 0.455. The molecule has 1 unspecified atom stereocenters. The van der Waals surface area contributed by atoms with Gasteiger partial charge in [-0.3, -0.25) is 18.9 Å². The molecule has 216 valence electrons. The Hall–Kier alpha value is 0.410. The van der Waals surface area contributed by atoms with Crippen molar-refractivity contribution in [2.75, 3.05) is 25.7 Å². The molecule has 1 atom stereocenters. The van der Waals surface area contributed by atoms with Gasteiger partial charge < -0.3 is 34.9 Å². The zero-order valence-corrected chi connectivity index (χ0v) is 28.8. The highest BCUT2D eigenvalue weighted by atomic mass is 127. The number of benzene rings is 2. The molecule has 16 heteroatoms. The molecule has 0 saturated carbocycles. The van der Waals surface area contributed by atoms with Crippen LogP contribution in [-0.2, 0) is 22.2 Å². The Morgan fingerprint density at radius 3 is 1.61 bits per heavy atom. The summed E-state index contributed by atoms with van der Waals surface area (Å²) in [6.07, 6.45) is -0.209. The molecule has 0 heterocycles. The number of phenolic OH excluding ortho intramolecular Hbond substituents is 2. The second kappa shape index (κ2) is 16.8. The third-order valence-corrected chi connectivity index (χ3v) is 8.89. The van der Waals surface area contributed by atoms with Gasteiger partial charge in [-0.1, -0.05) is 111 Å². The summed E-state index contributed by atoms with van der Waals surface area (Å²) in [5.41, 5.74) is 0.751. The summed E-state index contributed by atoms with van der Waals surface area (Å²) in [6.45, 7) is 1.23. The van der Waals surface area contributed by atoms with Gasteiger partial charge in [0.2, 0.25) is 0 Å². The lowest BCUT2D eigenvalue weighted by molar-refractivity contribution is 0.0906. The summed E-state index contributed by atoms with van der Waals surface area (Å²) in [7, 11) is -9.11. The van der Waals surface area contributed by atoms with E-state index in [0.717, 1.165) is 0 Å². The van der Waals surface area contributed by atoms with E-state index >= 15 is 0 Å². The first kappa shape index (κ1) is 36.4. The van der Waals surface area contributed by atoms with E-state index in [2.05, 4.69) is 74.7 Å². The van der Waals surface area contributed by atoms with Crippen LogP contribution >= 0.6 is 83.0 Å². The second-order valence-electron chi connectivity index (χ2n) is 8.43. The molecule has 0 aromatic heterocycles. The first-order valence-corrected chi connectivity index (χ1v) is 18.0. The van der Waals surface area contributed by atoms with Crippen molar-refractivity contribution in [3.05, 3.63) is 59.7 Å². The Morgan fingerprint density at radius 2 is 1.24 bits per heavy atom. The van der Waals surface area contributed by atoms with Crippen molar-refractivity contribution in [1.29, 1.82) is 0 Å². The third kappa shape index (κ3) is 16.0. The van der Waals surface area contributed by atoms with Crippen molar-refractivity contribution in [2.24, 2.45) is 0 Å². The number of nitrogens with zero attached hydrogens (tertiary/aromatic N) is 2. The highest BCUT2D eigenvalue weighted by molar-refractivity contribution is 14.3. The maximum atomic E-state index is 11.7. The first-order valence-electron chi connectivity index (χ1n) is 11.2. The number of aliphatic hydroxyl groups excluding tert-OH is 1. The molecule has 0 aliphatic rings. The SMILES string of the molecule is CCC(I)(I)I.O=P(O)(O)CN(Cc1ccccc1O)CC(CO)N(Cc1ccccc1O)CP(=O)(O)O. The predicted molar refractivity (Wildman–Crippen MR) is 172 cm³/mol. The molecule has 0 amide bonds. The molecule has 11 nitrogen and oxygen atoms in total. The molecule has 0 saturated heterocycles. The van der Waals surface area contributed by atoms with Gasteiger partial charge in [-0.2, -0.15) is 0 Å². The molecular weight excluding hydrogens is 879 g/mol. The van der Waals surface area contributed by atoms with E-state index in [4.69, 9.17) is 0 Å². The van der Waals surface area contributed by atoms with Crippen molar-refractivity contribution in [1.82, 2.24) is 9.80 Å². The van der Waals surface area contributed by atoms with Crippen LogP contribution in [0.5, 0.6) is 11.5 Å². The molecule has 0 radical (unpaired) electrons. The van der Waals surface area contributed by atoms with E-state index in [-0.39, 0.29) is 31.1 Å². The van der Waals surface area contributed by atoms with E-state index in [1.807, 2.05) is 0 Å². The Bertz CT molecular complexity index is 1100. The van der Waals surface area contributed by atoms with Crippen molar-refractivity contribution >= 4 is 83.0 Å². The summed E-state index contributed by atoms with van der Waals surface area (Å²) in [5.74, 6) is -0.175. The Labute approximate surface area is 263 Å². The number of para-hydroxylation sites is 2. The van der Waals surface area contributed by atoms with Crippen LogP contribution in [0.25, 0.3) is 0 Å². The highest BCUT2D eigenvalue weighted by Crippen LogP contribution is 2.39. The van der Waals surface area contributed by atoms with Crippen LogP contribution in [0.2, 0.25) is 0 Å². The number of alkyl halides is 3. The van der Waals surface area contributed by atoms with Gasteiger partial charge in [-0.05, 0) is 18.6 Å². The third-order valence-electron chi connectivity index (χ3n) is 5.10. The van der Waals surface area contributed by atoms with Gasteiger partial charge in [0, 0.05) is 36.8 Å². The van der Waals surface area contributed by atoms with Crippen LogP contribution in [0.15, 0.2) is 48.5 Å². The minimum atomic E-state index is -4.58. The summed E-state index contributed by atoms with van der Waals surface area (Å²) >= 11 is 7.24. The van der Waals surface area contributed by atoms with E-state index in [1.165, 1.54) is 28.4 Å². The molecule has 0 aliphatic heterocycles. The van der Waals surface area contributed by atoms with Gasteiger partial charge >= 0.3 is 15.2 Å². The van der Waals surface area contributed by atoms with E-state index in [9.17, 15) is 44.0 Å². The predicted octanol–water partition coefficient (Wildman–Crippen LogP) is 4.39. The fourth-order valence-corrected chi connectivity index (χ4v) is 4.84. The number of aliphatic hydroxyl groups is 1. The van der Waals surface area contributed by atoms with Gasteiger partial charge in [0.15, 0.2) is 0 Å². The van der Waals surface area contributed by atoms with E-state index < -0.39 is 40.4 Å². The number of hydrogen-bond acceptors (Lipinski definition) is 7. The van der Waals surface area contributed by atoms with Crippen LogP contribution in [-0.4, -0.2) is 75.9 Å². The minimum absolute atomic E-state index is 0.0748. The van der Waals surface area contributed by atoms with Crippen molar-refractivity contribution in [3.63, 3.8) is 0 Å². The van der Waals surface area contributed by atoms with Gasteiger partial charge in [0.1, 0.15) is 23.5 Å². The molecule has 2 aromatic rings. The van der Waals surface area contributed by atoms with Crippen LogP contribution < -0.4 is 0 Å². The van der Waals surface area contributed by atoms with Crippen molar-refractivity contribution in [2.45, 2.75) is 31.9 Å². The topological polar surface area (TPSA) is 182 Å². The maximum Gasteiger partial charge on any atom is 0.339 e. The molecular formula is C22H33I3N2O9P2. The zero-order valence-electron chi connectivity index (χ0n) is 20.5. The smallest absolute Gasteiger partial charge is 0.339 e. The monoisotopic (exact) mass is 912 g/mol.